The number of benzene rings is 2. The molecule has 0 heterocycles. The molecule has 0 unspecified atom stereocenters. The predicted molar refractivity (Wildman–Crippen MR) is 93.3 cm³/mol. The summed E-state index contributed by atoms with van der Waals surface area (Å²) in [5.41, 5.74) is 3.67. The molecule has 1 aliphatic carbocycles. The third kappa shape index (κ3) is 3.02. The van der Waals surface area contributed by atoms with E-state index in [2.05, 4.69) is 25.8 Å². The predicted octanol–water partition coefficient (Wildman–Crippen LogP) is 3.77. The van der Waals surface area contributed by atoms with E-state index in [-0.39, 0.29) is 17.2 Å². The normalized spacial score (nSPS) is 20.9. The molecular formula is C20H23NO2. The van der Waals surface area contributed by atoms with E-state index in [0.717, 1.165) is 16.7 Å². The molecular weight excluding hydrogens is 286 g/mol. The minimum Gasteiger partial charge on any atom is -0.507 e. The number of aliphatic imine (C=N–C) groups is 1. The molecule has 2 atom stereocenters. The average Bonchev–Trinajstić information content (AvgIpc) is 2.80. The molecule has 0 amide bonds. The lowest BCUT2D eigenvalue weighted by Crippen LogP contribution is -2.13. The number of aliphatic hydroxyl groups excluding tert-OH is 1. The molecule has 1 aliphatic rings. The maximum atomic E-state index is 10.5. The van der Waals surface area contributed by atoms with Gasteiger partial charge in [0, 0.05) is 18.2 Å². The van der Waals surface area contributed by atoms with Crippen LogP contribution in [0, 0.1) is 0 Å². The van der Waals surface area contributed by atoms with Crippen LogP contribution < -0.4 is 0 Å². The fraction of sp³-hybridized carbons (Fsp3) is 0.350. The van der Waals surface area contributed by atoms with Crippen LogP contribution in [0.2, 0.25) is 0 Å². The Kier molecular flexibility index (Phi) is 3.99. The molecule has 0 aromatic heterocycles. The van der Waals surface area contributed by atoms with E-state index in [9.17, 15) is 10.2 Å². The number of phenolic OH excluding ortho intramolecular Hbond substituents is 1. The Bertz CT molecular complexity index is 744. The molecule has 2 aromatic carbocycles. The van der Waals surface area contributed by atoms with Crippen molar-refractivity contribution >= 4 is 6.21 Å². The van der Waals surface area contributed by atoms with Gasteiger partial charge >= 0.3 is 0 Å². The second-order valence-electron chi connectivity index (χ2n) is 7.19. The van der Waals surface area contributed by atoms with E-state index < -0.39 is 6.10 Å². The quantitative estimate of drug-likeness (QED) is 0.830. The van der Waals surface area contributed by atoms with Crippen LogP contribution in [0.4, 0.5) is 0 Å². The maximum Gasteiger partial charge on any atom is 0.128 e. The zero-order chi connectivity index (χ0) is 16.6. The van der Waals surface area contributed by atoms with Crippen molar-refractivity contribution in [3.8, 4) is 5.75 Å². The SMILES string of the molecule is CC(C)(C)c1cccc(C=N[C@@H]2c3ccccc3C[C@@H]2O)c1O. The van der Waals surface area contributed by atoms with Crippen LogP contribution in [0.3, 0.4) is 0 Å². The number of aliphatic hydroxyl groups is 1. The van der Waals surface area contributed by atoms with Crippen molar-refractivity contribution in [2.24, 2.45) is 4.99 Å². The summed E-state index contributed by atoms with van der Waals surface area (Å²) in [6.45, 7) is 6.21. The molecule has 0 saturated heterocycles. The summed E-state index contributed by atoms with van der Waals surface area (Å²) in [6, 6.07) is 13.5. The van der Waals surface area contributed by atoms with Gasteiger partial charge < -0.3 is 10.2 Å². The van der Waals surface area contributed by atoms with Gasteiger partial charge in [0.2, 0.25) is 0 Å². The summed E-state index contributed by atoms with van der Waals surface area (Å²) in [4.78, 5) is 4.56. The van der Waals surface area contributed by atoms with Gasteiger partial charge in [-0.15, -0.1) is 0 Å². The molecule has 0 aliphatic heterocycles. The van der Waals surface area contributed by atoms with Gasteiger partial charge in [-0.25, -0.2) is 0 Å². The maximum absolute atomic E-state index is 10.5. The first-order chi connectivity index (χ1) is 10.9. The Labute approximate surface area is 137 Å². The lowest BCUT2D eigenvalue weighted by atomic mass is 9.85. The molecule has 0 saturated carbocycles. The number of nitrogens with zero attached hydrogens (tertiary/aromatic N) is 1. The summed E-state index contributed by atoms with van der Waals surface area (Å²) in [7, 11) is 0. The van der Waals surface area contributed by atoms with Crippen molar-refractivity contribution in [3.05, 3.63) is 64.7 Å². The van der Waals surface area contributed by atoms with Crippen molar-refractivity contribution in [2.75, 3.05) is 0 Å². The number of hydrogen-bond donors (Lipinski definition) is 2. The van der Waals surface area contributed by atoms with Gasteiger partial charge in [0.25, 0.3) is 0 Å². The summed E-state index contributed by atoms with van der Waals surface area (Å²) in [5, 5.41) is 20.8. The van der Waals surface area contributed by atoms with Crippen molar-refractivity contribution in [1.82, 2.24) is 0 Å². The monoisotopic (exact) mass is 309 g/mol. The van der Waals surface area contributed by atoms with Gasteiger partial charge in [-0.2, -0.15) is 0 Å². The van der Waals surface area contributed by atoms with Crippen LogP contribution in [0.25, 0.3) is 0 Å². The summed E-state index contributed by atoms with van der Waals surface area (Å²) in [6.07, 6.45) is 1.81. The van der Waals surface area contributed by atoms with E-state index >= 15 is 0 Å². The zero-order valence-corrected chi connectivity index (χ0v) is 13.8. The van der Waals surface area contributed by atoms with Crippen LogP contribution in [0.15, 0.2) is 47.5 Å². The van der Waals surface area contributed by atoms with E-state index in [1.807, 2.05) is 42.5 Å². The van der Waals surface area contributed by atoms with Crippen LogP contribution in [0.1, 0.15) is 49.1 Å². The van der Waals surface area contributed by atoms with Gasteiger partial charge in [-0.05, 0) is 28.2 Å². The van der Waals surface area contributed by atoms with E-state index in [4.69, 9.17) is 0 Å². The first-order valence-corrected chi connectivity index (χ1v) is 7.99. The highest BCUT2D eigenvalue weighted by Crippen LogP contribution is 2.35. The second-order valence-corrected chi connectivity index (χ2v) is 7.19. The molecule has 0 radical (unpaired) electrons. The minimum absolute atomic E-state index is 0.132. The Hall–Kier alpha value is -2.13. The third-order valence-corrected chi connectivity index (χ3v) is 4.42. The van der Waals surface area contributed by atoms with Gasteiger partial charge in [0.05, 0.1) is 6.10 Å². The van der Waals surface area contributed by atoms with Crippen LogP contribution in [-0.2, 0) is 11.8 Å². The average molecular weight is 309 g/mol. The number of fused-ring (bicyclic) bond motifs is 1. The van der Waals surface area contributed by atoms with Crippen molar-refractivity contribution in [3.63, 3.8) is 0 Å². The number of rotatable bonds is 2. The van der Waals surface area contributed by atoms with E-state index in [1.54, 1.807) is 6.21 Å². The molecule has 0 fully saturated rings. The Morgan fingerprint density at radius 2 is 1.83 bits per heavy atom. The lowest BCUT2D eigenvalue weighted by Gasteiger charge is -2.21. The molecule has 3 heteroatoms. The van der Waals surface area contributed by atoms with Crippen molar-refractivity contribution in [2.45, 2.75) is 44.8 Å². The minimum atomic E-state index is -0.503. The van der Waals surface area contributed by atoms with Crippen molar-refractivity contribution < 1.29 is 10.2 Å². The summed E-state index contributed by atoms with van der Waals surface area (Å²) < 4.78 is 0. The number of hydrogen-bond acceptors (Lipinski definition) is 3. The van der Waals surface area contributed by atoms with Gasteiger partial charge in [0.1, 0.15) is 11.8 Å². The molecule has 23 heavy (non-hydrogen) atoms. The lowest BCUT2D eigenvalue weighted by molar-refractivity contribution is 0.159. The molecule has 0 bridgehead atoms. The summed E-state index contributed by atoms with van der Waals surface area (Å²) >= 11 is 0. The van der Waals surface area contributed by atoms with Gasteiger partial charge in [-0.3, -0.25) is 4.99 Å². The van der Waals surface area contributed by atoms with E-state index in [1.165, 1.54) is 0 Å². The first-order valence-electron chi connectivity index (χ1n) is 7.99. The number of aromatic hydroxyl groups is 1. The first kappa shape index (κ1) is 15.8. The fourth-order valence-electron chi connectivity index (χ4n) is 3.16. The second kappa shape index (κ2) is 5.82. The number of para-hydroxylation sites is 1. The standard InChI is InChI=1S/C20H23NO2/c1-20(2,3)16-10-6-8-14(19(16)23)12-21-18-15-9-5-4-7-13(15)11-17(18)22/h4-10,12,17-18,22-23H,11H2,1-3H3/t17-,18+/m0/s1. The highest BCUT2D eigenvalue weighted by molar-refractivity contribution is 5.84. The molecule has 120 valence electrons. The van der Waals surface area contributed by atoms with Crippen LogP contribution in [-0.4, -0.2) is 22.5 Å². The zero-order valence-electron chi connectivity index (χ0n) is 13.8. The van der Waals surface area contributed by atoms with Crippen molar-refractivity contribution in [1.29, 1.82) is 0 Å². The number of phenols is 1. The molecule has 2 aromatic rings. The Balaban J connectivity index is 1.93. The van der Waals surface area contributed by atoms with Crippen LogP contribution in [0.5, 0.6) is 5.75 Å². The third-order valence-electron chi connectivity index (χ3n) is 4.42. The molecule has 3 rings (SSSR count). The smallest absolute Gasteiger partial charge is 0.128 e. The highest BCUT2D eigenvalue weighted by atomic mass is 16.3. The van der Waals surface area contributed by atoms with Gasteiger partial charge in [0.15, 0.2) is 0 Å². The Morgan fingerprint density at radius 3 is 2.57 bits per heavy atom. The van der Waals surface area contributed by atoms with E-state index in [0.29, 0.717) is 12.0 Å². The fourth-order valence-corrected chi connectivity index (χ4v) is 3.16. The van der Waals surface area contributed by atoms with Gasteiger partial charge in [-0.1, -0.05) is 57.2 Å². The largest absolute Gasteiger partial charge is 0.507 e. The molecule has 0 spiro atoms. The topological polar surface area (TPSA) is 52.8 Å². The molecule has 2 N–H and O–H groups in total. The molecule has 3 nitrogen and oxygen atoms in total. The Morgan fingerprint density at radius 1 is 1.09 bits per heavy atom. The van der Waals surface area contributed by atoms with Crippen LogP contribution >= 0.6 is 0 Å². The summed E-state index contributed by atoms with van der Waals surface area (Å²) in [5.74, 6) is 0.268. The highest BCUT2D eigenvalue weighted by Gasteiger charge is 2.30.